The van der Waals surface area contributed by atoms with Crippen molar-refractivity contribution in [1.82, 2.24) is 5.32 Å². The van der Waals surface area contributed by atoms with Gasteiger partial charge in [0.2, 0.25) is 0 Å². The first-order valence-electron chi connectivity index (χ1n) is 6.94. The molecular weight excluding hydrogens is 252 g/mol. The molecule has 1 heterocycles. The fourth-order valence-corrected chi connectivity index (χ4v) is 2.75. The van der Waals surface area contributed by atoms with Crippen LogP contribution in [-0.2, 0) is 0 Å². The molecule has 4 heteroatoms. The van der Waals surface area contributed by atoms with Crippen LogP contribution in [0.1, 0.15) is 17.3 Å². The van der Waals surface area contributed by atoms with Gasteiger partial charge in [0.15, 0.2) is 0 Å². The van der Waals surface area contributed by atoms with Gasteiger partial charge in [-0.25, -0.2) is 0 Å². The third-order valence-electron chi connectivity index (χ3n) is 3.67. The molecular formula is C16H18N2O2. The third-order valence-corrected chi connectivity index (χ3v) is 3.67. The van der Waals surface area contributed by atoms with E-state index in [4.69, 9.17) is 0 Å². The highest BCUT2D eigenvalue weighted by Gasteiger charge is 2.30. The van der Waals surface area contributed by atoms with Gasteiger partial charge in [-0.1, -0.05) is 31.2 Å². The number of benzene rings is 2. The zero-order valence-electron chi connectivity index (χ0n) is 11.5. The van der Waals surface area contributed by atoms with E-state index in [1.807, 2.05) is 43.3 Å². The highest BCUT2D eigenvalue weighted by Crippen LogP contribution is 2.37. The predicted molar refractivity (Wildman–Crippen MR) is 80.2 cm³/mol. The van der Waals surface area contributed by atoms with Gasteiger partial charge in [-0.15, -0.1) is 0 Å². The van der Waals surface area contributed by atoms with Gasteiger partial charge in [0.25, 0.3) is 5.91 Å². The summed E-state index contributed by atoms with van der Waals surface area (Å²) >= 11 is 0. The monoisotopic (exact) mass is 270 g/mol. The van der Waals surface area contributed by atoms with Crippen molar-refractivity contribution in [3.8, 4) is 0 Å². The Bertz CT molecular complexity index is 649. The number of carbonyl (C=O) groups is 1. The summed E-state index contributed by atoms with van der Waals surface area (Å²) in [6.45, 7) is 3.61. The summed E-state index contributed by atoms with van der Waals surface area (Å²) in [5.41, 5.74) is 1.63. The van der Waals surface area contributed by atoms with Crippen molar-refractivity contribution in [2.75, 3.05) is 24.5 Å². The Morgan fingerprint density at radius 3 is 2.75 bits per heavy atom. The largest absolute Gasteiger partial charge is 0.390 e. The first-order chi connectivity index (χ1) is 9.72. The van der Waals surface area contributed by atoms with E-state index in [2.05, 4.69) is 5.32 Å². The van der Waals surface area contributed by atoms with Crippen LogP contribution in [0.2, 0.25) is 0 Å². The standard InChI is InChI=1S/C16H18N2O2/c1-2-17-9-12(19)10-18-14-8-4-6-11-5-3-7-13(15(11)14)16(18)20/h3-8,12,17,19H,2,9-10H2,1H3. The Balaban J connectivity index is 1.93. The number of anilines is 1. The van der Waals surface area contributed by atoms with Crippen LogP contribution in [0.15, 0.2) is 36.4 Å². The first kappa shape index (κ1) is 13.1. The van der Waals surface area contributed by atoms with Crippen LogP contribution in [0.5, 0.6) is 0 Å². The van der Waals surface area contributed by atoms with E-state index in [1.165, 1.54) is 0 Å². The SMILES string of the molecule is CCNCC(O)CN1C(=O)c2cccc3cccc1c23. The molecule has 0 saturated carbocycles. The maximum atomic E-state index is 12.5. The van der Waals surface area contributed by atoms with Gasteiger partial charge in [0.05, 0.1) is 18.3 Å². The van der Waals surface area contributed by atoms with Crippen molar-refractivity contribution in [2.24, 2.45) is 0 Å². The molecule has 0 spiro atoms. The molecule has 2 N–H and O–H groups in total. The van der Waals surface area contributed by atoms with Crippen LogP contribution in [0, 0.1) is 0 Å². The normalized spacial score (nSPS) is 15.1. The van der Waals surface area contributed by atoms with Crippen molar-refractivity contribution in [1.29, 1.82) is 0 Å². The van der Waals surface area contributed by atoms with Crippen molar-refractivity contribution >= 4 is 22.4 Å². The number of carbonyl (C=O) groups excluding carboxylic acids is 1. The zero-order chi connectivity index (χ0) is 14.1. The molecule has 104 valence electrons. The van der Waals surface area contributed by atoms with Gasteiger partial charge in [-0.3, -0.25) is 4.79 Å². The number of aliphatic hydroxyl groups excluding tert-OH is 1. The molecule has 2 aromatic carbocycles. The molecule has 3 rings (SSSR count). The van der Waals surface area contributed by atoms with Crippen LogP contribution in [-0.4, -0.2) is 36.8 Å². The summed E-state index contributed by atoms with van der Waals surface area (Å²) in [6, 6.07) is 11.7. The molecule has 0 radical (unpaired) electrons. The molecule has 0 fully saturated rings. The minimum absolute atomic E-state index is 0.0210. The van der Waals surface area contributed by atoms with Crippen LogP contribution < -0.4 is 10.2 Å². The maximum absolute atomic E-state index is 12.5. The van der Waals surface area contributed by atoms with E-state index in [0.717, 1.165) is 28.6 Å². The minimum Gasteiger partial charge on any atom is -0.390 e. The second-order valence-electron chi connectivity index (χ2n) is 5.06. The Morgan fingerprint density at radius 1 is 1.25 bits per heavy atom. The van der Waals surface area contributed by atoms with E-state index in [-0.39, 0.29) is 5.91 Å². The van der Waals surface area contributed by atoms with Crippen molar-refractivity contribution < 1.29 is 9.90 Å². The van der Waals surface area contributed by atoms with Crippen LogP contribution in [0.3, 0.4) is 0 Å². The van der Waals surface area contributed by atoms with Gasteiger partial charge in [-0.2, -0.15) is 0 Å². The number of β-amino-alcohol motifs (C(OH)–C–C–N with tert-alkyl or cyclic N) is 1. The molecule has 1 atom stereocenters. The summed E-state index contributed by atoms with van der Waals surface area (Å²) in [4.78, 5) is 14.2. The minimum atomic E-state index is -0.566. The molecule has 1 aliphatic heterocycles. The average Bonchev–Trinajstić information content (AvgIpc) is 2.73. The number of amides is 1. The number of rotatable bonds is 5. The van der Waals surface area contributed by atoms with Crippen LogP contribution in [0.4, 0.5) is 5.69 Å². The summed E-state index contributed by atoms with van der Waals surface area (Å²) in [5, 5.41) is 15.2. The fraction of sp³-hybridized carbons (Fsp3) is 0.312. The molecule has 2 aromatic rings. The van der Waals surface area contributed by atoms with E-state index in [1.54, 1.807) is 4.90 Å². The molecule has 0 bridgehead atoms. The molecule has 1 aliphatic rings. The summed E-state index contributed by atoms with van der Waals surface area (Å²) < 4.78 is 0. The highest BCUT2D eigenvalue weighted by atomic mass is 16.3. The van der Waals surface area contributed by atoms with E-state index in [9.17, 15) is 9.90 Å². The lowest BCUT2D eigenvalue weighted by atomic mass is 10.1. The van der Waals surface area contributed by atoms with Gasteiger partial charge in [0.1, 0.15) is 0 Å². The first-order valence-corrected chi connectivity index (χ1v) is 6.94. The van der Waals surface area contributed by atoms with Crippen molar-refractivity contribution in [3.05, 3.63) is 42.0 Å². The number of nitrogens with one attached hydrogen (secondary N) is 1. The number of hydrogen-bond donors (Lipinski definition) is 2. The Labute approximate surface area is 118 Å². The topological polar surface area (TPSA) is 52.6 Å². The lowest BCUT2D eigenvalue weighted by Gasteiger charge is -2.21. The van der Waals surface area contributed by atoms with Gasteiger partial charge >= 0.3 is 0 Å². The summed E-state index contributed by atoms with van der Waals surface area (Å²) in [5.74, 6) is -0.0210. The molecule has 0 aromatic heterocycles. The fourth-order valence-electron chi connectivity index (χ4n) is 2.75. The summed E-state index contributed by atoms with van der Waals surface area (Å²) in [6.07, 6.45) is -0.566. The van der Waals surface area contributed by atoms with E-state index < -0.39 is 6.10 Å². The predicted octanol–water partition coefficient (Wildman–Crippen LogP) is 1.77. The number of nitrogens with zero attached hydrogens (tertiary/aromatic N) is 1. The molecule has 1 unspecified atom stereocenters. The van der Waals surface area contributed by atoms with Crippen molar-refractivity contribution in [2.45, 2.75) is 13.0 Å². The lowest BCUT2D eigenvalue weighted by Crippen LogP contribution is -2.39. The quantitative estimate of drug-likeness (QED) is 0.870. The number of aliphatic hydroxyl groups is 1. The van der Waals surface area contributed by atoms with Gasteiger partial charge < -0.3 is 15.3 Å². The lowest BCUT2D eigenvalue weighted by molar-refractivity contribution is 0.0969. The van der Waals surface area contributed by atoms with Gasteiger partial charge in [-0.05, 0) is 24.1 Å². The Morgan fingerprint density at radius 2 is 2.00 bits per heavy atom. The third kappa shape index (κ3) is 2.07. The highest BCUT2D eigenvalue weighted by molar-refractivity contribution is 6.25. The van der Waals surface area contributed by atoms with Gasteiger partial charge in [0, 0.05) is 17.5 Å². The zero-order valence-corrected chi connectivity index (χ0v) is 11.5. The Hall–Kier alpha value is -1.91. The second-order valence-corrected chi connectivity index (χ2v) is 5.06. The van der Waals surface area contributed by atoms with Crippen LogP contribution in [0.25, 0.3) is 10.8 Å². The molecule has 0 aliphatic carbocycles. The molecule has 20 heavy (non-hydrogen) atoms. The van der Waals surface area contributed by atoms with E-state index >= 15 is 0 Å². The number of hydrogen-bond acceptors (Lipinski definition) is 3. The van der Waals surface area contributed by atoms with Crippen LogP contribution >= 0.6 is 0 Å². The molecule has 0 saturated heterocycles. The molecule has 1 amide bonds. The maximum Gasteiger partial charge on any atom is 0.259 e. The summed E-state index contributed by atoms with van der Waals surface area (Å²) in [7, 11) is 0. The Kier molecular flexibility index (Phi) is 3.42. The van der Waals surface area contributed by atoms with Crippen molar-refractivity contribution in [3.63, 3.8) is 0 Å². The second kappa shape index (κ2) is 5.23. The molecule has 4 nitrogen and oxygen atoms in total. The smallest absolute Gasteiger partial charge is 0.259 e. The number of likely N-dealkylation sites (N-methyl/N-ethyl adjacent to an activating group) is 1. The average molecular weight is 270 g/mol. The van der Waals surface area contributed by atoms with E-state index in [0.29, 0.717) is 13.1 Å².